The van der Waals surface area contributed by atoms with Crippen LogP contribution in [0.5, 0.6) is 5.75 Å². The van der Waals surface area contributed by atoms with Crippen molar-refractivity contribution < 1.29 is 36.7 Å². The lowest BCUT2D eigenvalue weighted by molar-refractivity contribution is -0.275. The molecule has 1 saturated carbocycles. The molecular formula is C24H21F4N5O4. The van der Waals surface area contributed by atoms with Gasteiger partial charge in [0, 0.05) is 11.4 Å². The van der Waals surface area contributed by atoms with Crippen molar-refractivity contribution in [2.75, 3.05) is 5.32 Å². The molecule has 3 amide bonds. The molecule has 1 aliphatic heterocycles. The van der Waals surface area contributed by atoms with Crippen LogP contribution in [0.3, 0.4) is 0 Å². The number of carbonyl (C=O) groups excluding carboxylic acids is 3. The van der Waals surface area contributed by atoms with Crippen molar-refractivity contribution in [3.63, 3.8) is 0 Å². The van der Waals surface area contributed by atoms with Gasteiger partial charge >= 0.3 is 6.36 Å². The summed E-state index contributed by atoms with van der Waals surface area (Å²) in [5.74, 6) is -4.56. The summed E-state index contributed by atoms with van der Waals surface area (Å²) >= 11 is 0. The van der Waals surface area contributed by atoms with Crippen LogP contribution in [0.25, 0.3) is 10.9 Å². The van der Waals surface area contributed by atoms with Crippen LogP contribution in [0.4, 0.5) is 23.2 Å². The maximum Gasteiger partial charge on any atom is 0.573 e. The van der Waals surface area contributed by atoms with E-state index in [4.69, 9.17) is 5.73 Å². The van der Waals surface area contributed by atoms with Gasteiger partial charge in [-0.25, -0.2) is 4.39 Å². The molecular weight excluding hydrogens is 498 g/mol. The van der Waals surface area contributed by atoms with E-state index in [1.165, 1.54) is 9.58 Å². The molecule has 194 valence electrons. The Morgan fingerprint density at radius 3 is 2.59 bits per heavy atom. The van der Waals surface area contributed by atoms with E-state index in [9.17, 15) is 31.9 Å². The van der Waals surface area contributed by atoms with Gasteiger partial charge in [0.2, 0.25) is 11.8 Å². The molecule has 1 aromatic heterocycles. The quantitative estimate of drug-likeness (QED) is 0.485. The van der Waals surface area contributed by atoms with Gasteiger partial charge in [0.25, 0.3) is 5.91 Å². The lowest BCUT2D eigenvalue weighted by Crippen LogP contribution is -2.52. The second kappa shape index (κ2) is 9.05. The van der Waals surface area contributed by atoms with Crippen LogP contribution >= 0.6 is 0 Å². The van der Waals surface area contributed by atoms with Crippen LogP contribution in [-0.4, -0.2) is 50.8 Å². The zero-order valence-electron chi connectivity index (χ0n) is 19.2. The van der Waals surface area contributed by atoms with E-state index in [1.54, 1.807) is 24.3 Å². The summed E-state index contributed by atoms with van der Waals surface area (Å²) in [6, 6.07) is 8.60. The van der Waals surface area contributed by atoms with E-state index >= 15 is 0 Å². The third-order valence-electron chi connectivity index (χ3n) is 6.76. The molecule has 0 spiro atoms. The number of ether oxygens (including phenoxy) is 1. The highest BCUT2D eigenvalue weighted by Gasteiger charge is 2.51. The average molecular weight is 519 g/mol. The third kappa shape index (κ3) is 4.56. The Morgan fingerprint density at radius 1 is 1.11 bits per heavy atom. The standard InChI is InChI=1S/C24H21F4N5O4/c25-19-15(5-3-7-17(19)37-24(26,27)28)30-23(36)21-12-8-9-13(10-12)33(21)18(34)11-32-16-6-2-1-4-14(16)20(31-32)22(29)35/h1-7,12-13,21H,8-11H2,(H2,29,35)(H,30,36)/t12-,13+,21-/m0/s1. The van der Waals surface area contributed by atoms with Gasteiger partial charge in [-0.05, 0) is 43.4 Å². The number of nitrogens with two attached hydrogens (primary N) is 1. The molecule has 2 aromatic carbocycles. The Labute approximate surface area is 207 Å². The molecule has 2 heterocycles. The maximum absolute atomic E-state index is 14.6. The number of piperidine rings is 1. The number of benzene rings is 2. The molecule has 2 bridgehead atoms. The number of nitrogens with one attached hydrogen (secondary N) is 1. The second-order valence-electron chi connectivity index (χ2n) is 9.02. The second-order valence-corrected chi connectivity index (χ2v) is 9.02. The molecule has 0 radical (unpaired) electrons. The summed E-state index contributed by atoms with van der Waals surface area (Å²) in [4.78, 5) is 39.9. The molecule has 1 aliphatic carbocycles. The SMILES string of the molecule is NC(=O)c1nn(CC(=O)N2[C@@H]3CC[C@@H](C3)[C@H]2C(=O)Nc2cccc(OC(F)(F)F)c2F)c2ccccc12. The molecule has 2 aliphatic rings. The summed E-state index contributed by atoms with van der Waals surface area (Å²) < 4.78 is 57.4. The number of hydrogen-bond acceptors (Lipinski definition) is 5. The number of para-hydroxylation sites is 1. The number of amides is 3. The fourth-order valence-corrected chi connectivity index (χ4v) is 5.34. The van der Waals surface area contributed by atoms with E-state index in [-0.39, 0.29) is 24.2 Å². The first kappa shape index (κ1) is 24.5. The van der Waals surface area contributed by atoms with Gasteiger partial charge in [-0.1, -0.05) is 24.3 Å². The largest absolute Gasteiger partial charge is 0.573 e. The van der Waals surface area contributed by atoms with Crippen molar-refractivity contribution in [1.29, 1.82) is 0 Å². The number of anilines is 1. The summed E-state index contributed by atoms with van der Waals surface area (Å²) in [5, 5.41) is 6.99. The molecule has 2 fully saturated rings. The minimum atomic E-state index is -5.11. The topological polar surface area (TPSA) is 120 Å². The van der Waals surface area contributed by atoms with Crippen LogP contribution in [0.15, 0.2) is 42.5 Å². The average Bonchev–Trinajstić information content (AvgIpc) is 3.54. The van der Waals surface area contributed by atoms with Crippen LogP contribution < -0.4 is 15.8 Å². The van der Waals surface area contributed by atoms with E-state index < -0.39 is 47.4 Å². The molecule has 5 rings (SSSR count). The Hall–Kier alpha value is -4.16. The van der Waals surface area contributed by atoms with E-state index in [1.807, 2.05) is 0 Å². The van der Waals surface area contributed by atoms with Gasteiger partial charge < -0.3 is 20.7 Å². The van der Waals surface area contributed by atoms with Crippen LogP contribution in [0, 0.1) is 11.7 Å². The van der Waals surface area contributed by atoms with E-state index in [2.05, 4.69) is 15.2 Å². The summed E-state index contributed by atoms with van der Waals surface area (Å²) in [7, 11) is 0. The van der Waals surface area contributed by atoms with Gasteiger partial charge in [-0.15, -0.1) is 13.2 Å². The normalized spacial score (nSPS) is 20.9. The van der Waals surface area contributed by atoms with Gasteiger partial charge in [-0.2, -0.15) is 5.10 Å². The smallest absolute Gasteiger partial charge is 0.403 e. The van der Waals surface area contributed by atoms with Crippen molar-refractivity contribution in [3.8, 4) is 5.75 Å². The Balaban J connectivity index is 1.39. The Morgan fingerprint density at radius 2 is 1.86 bits per heavy atom. The van der Waals surface area contributed by atoms with Crippen molar-refractivity contribution in [2.45, 2.75) is 44.3 Å². The summed E-state index contributed by atoms with van der Waals surface area (Å²) in [6.07, 6.45) is -3.20. The minimum absolute atomic E-state index is 0.0112. The van der Waals surface area contributed by atoms with Crippen molar-refractivity contribution >= 4 is 34.3 Å². The first-order valence-corrected chi connectivity index (χ1v) is 11.4. The fourth-order valence-electron chi connectivity index (χ4n) is 5.34. The number of alkyl halides is 3. The number of nitrogens with zero attached hydrogens (tertiary/aromatic N) is 3. The Bertz CT molecular complexity index is 1410. The lowest BCUT2D eigenvalue weighted by atomic mass is 9.97. The number of likely N-dealkylation sites (tertiary alicyclic amines) is 1. The van der Waals surface area contributed by atoms with Crippen molar-refractivity contribution in [1.82, 2.24) is 14.7 Å². The number of carbonyl (C=O) groups is 3. The van der Waals surface area contributed by atoms with Gasteiger partial charge in [0.15, 0.2) is 17.3 Å². The van der Waals surface area contributed by atoms with Gasteiger partial charge in [0.1, 0.15) is 12.6 Å². The summed E-state index contributed by atoms with van der Waals surface area (Å²) in [5.41, 5.74) is 5.45. The molecule has 13 heteroatoms. The van der Waals surface area contributed by atoms with E-state index in [0.717, 1.165) is 18.2 Å². The number of hydrogen-bond donors (Lipinski definition) is 2. The number of fused-ring (bicyclic) bond motifs is 3. The number of primary amides is 1. The predicted octanol–water partition coefficient (Wildman–Crippen LogP) is 3.19. The maximum atomic E-state index is 14.6. The monoisotopic (exact) mass is 519 g/mol. The van der Waals surface area contributed by atoms with Gasteiger partial charge in [0.05, 0.1) is 11.2 Å². The zero-order valence-corrected chi connectivity index (χ0v) is 19.2. The zero-order chi connectivity index (χ0) is 26.5. The first-order chi connectivity index (χ1) is 17.5. The van der Waals surface area contributed by atoms with Gasteiger partial charge in [-0.3, -0.25) is 19.1 Å². The first-order valence-electron chi connectivity index (χ1n) is 11.4. The number of rotatable bonds is 6. The van der Waals surface area contributed by atoms with Crippen LogP contribution in [0.1, 0.15) is 29.8 Å². The van der Waals surface area contributed by atoms with Crippen LogP contribution in [0.2, 0.25) is 0 Å². The molecule has 3 atom stereocenters. The molecule has 9 nitrogen and oxygen atoms in total. The fraction of sp³-hybridized carbons (Fsp3) is 0.333. The summed E-state index contributed by atoms with van der Waals surface area (Å²) in [6.45, 7) is -0.274. The van der Waals surface area contributed by atoms with E-state index in [0.29, 0.717) is 30.2 Å². The predicted molar refractivity (Wildman–Crippen MR) is 122 cm³/mol. The van der Waals surface area contributed by atoms with Crippen molar-refractivity contribution in [2.24, 2.45) is 11.7 Å². The lowest BCUT2D eigenvalue weighted by Gasteiger charge is -2.34. The highest BCUT2D eigenvalue weighted by atomic mass is 19.4. The number of halogens is 4. The number of aromatic nitrogens is 2. The third-order valence-corrected chi connectivity index (χ3v) is 6.76. The molecule has 0 unspecified atom stereocenters. The highest BCUT2D eigenvalue weighted by Crippen LogP contribution is 2.43. The molecule has 3 N–H and O–H groups in total. The molecule has 3 aromatic rings. The Kier molecular flexibility index (Phi) is 6.00. The van der Waals surface area contributed by atoms with Crippen LogP contribution in [-0.2, 0) is 16.1 Å². The molecule has 37 heavy (non-hydrogen) atoms. The van der Waals surface area contributed by atoms with Crippen molar-refractivity contribution in [3.05, 3.63) is 54.0 Å². The highest BCUT2D eigenvalue weighted by molar-refractivity contribution is 6.04. The minimum Gasteiger partial charge on any atom is -0.403 e. The molecule has 1 saturated heterocycles.